The number of nitrogens with one attached hydrogen (secondary N) is 1. The third-order valence-electron chi connectivity index (χ3n) is 3.97. The fourth-order valence-corrected chi connectivity index (χ4v) is 2.52. The Bertz CT molecular complexity index is 1010. The molecule has 1 heterocycles. The number of amides is 1. The quantitative estimate of drug-likeness (QED) is 0.744. The van der Waals surface area contributed by atoms with Crippen LogP contribution in [-0.2, 0) is 17.9 Å². The maximum absolute atomic E-state index is 12.5. The summed E-state index contributed by atoms with van der Waals surface area (Å²) < 4.78 is 1.97. The number of ketones is 1. The average Bonchev–Trinajstić information content (AvgIpc) is 2.66. The molecule has 0 spiro atoms. The molecule has 0 aliphatic rings. The Hall–Kier alpha value is -3.47. The second-order valence-electron chi connectivity index (χ2n) is 5.91. The minimum absolute atomic E-state index is 0.114. The van der Waals surface area contributed by atoms with Gasteiger partial charge in [0.15, 0.2) is 5.78 Å². The van der Waals surface area contributed by atoms with Crippen LogP contribution in [0.2, 0.25) is 0 Å². The molecule has 0 saturated carbocycles. The van der Waals surface area contributed by atoms with Gasteiger partial charge >= 0.3 is 5.69 Å². The van der Waals surface area contributed by atoms with Gasteiger partial charge in [-0.05, 0) is 37.6 Å². The van der Waals surface area contributed by atoms with Crippen LogP contribution in [0.4, 0.5) is 5.69 Å². The van der Waals surface area contributed by atoms with Gasteiger partial charge in [-0.2, -0.15) is 5.26 Å². The van der Waals surface area contributed by atoms with Gasteiger partial charge in [0.2, 0.25) is 5.91 Å². The van der Waals surface area contributed by atoms with E-state index in [1.807, 2.05) is 6.92 Å². The first-order valence-corrected chi connectivity index (χ1v) is 8.58. The molecule has 2 rings (SSSR count). The third kappa shape index (κ3) is 4.58. The second kappa shape index (κ2) is 8.76. The summed E-state index contributed by atoms with van der Waals surface area (Å²) >= 11 is 0. The minimum Gasteiger partial charge on any atom is -0.326 e. The number of nitrogens with zero attached hydrogens (tertiary/aromatic N) is 3. The van der Waals surface area contributed by atoms with Crippen molar-refractivity contribution in [2.75, 3.05) is 5.32 Å². The van der Waals surface area contributed by atoms with Gasteiger partial charge in [0.25, 0.3) is 5.56 Å². The van der Waals surface area contributed by atoms with Crippen molar-refractivity contribution in [3.05, 3.63) is 62.4 Å². The van der Waals surface area contributed by atoms with Gasteiger partial charge < -0.3 is 5.32 Å². The van der Waals surface area contributed by atoms with Crippen LogP contribution in [-0.4, -0.2) is 20.8 Å². The summed E-state index contributed by atoms with van der Waals surface area (Å²) in [6.45, 7) is 3.41. The van der Waals surface area contributed by atoms with Crippen molar-refractivity contribution in [3.63, 3.8) is 0 Å². The Labute approximate surface area is 155 Å². The summed E-state index contributed by atoms with van der Waals surface area (Å²) in [5, 5.41) is 11.8. The normalized spacial score (nSPS) is 10.3. The highest BCUT2D eigenvalue weighted by Gasteiger charge is 2.15. The van der Waals surface area contributed by atoms with E-state index in [9.17, 15) is 19.2 Å². The smallest absolute Gasteiger partial charge is 0.326 e. The number of anilines is 1. The molecule has 2 aromatic rings. The lowest BCUT2D eigenvalue weighted by molar-refractivity contribution is -0.116. The van der Waals surface area contributed by atoms with Gasteiger partial charge in [-0.1, -0.05) is 6.92 Å². The van der Waals surface area contributed by atoms with Gasteiger partial charge in [0.05, 0.1) is 6.54 Å². The summed E-state index contributed by atoms with van der Waals surface area (Å²) in [6, 6.07) is 7.94. The van der Waals surface area contributed by atoms with E-state index >= 15 is 0 Å². The third-order valence-corrected chi connectivity index (χ3v) is 3.97. The van der Waals surface area contributed by atoms with Crippen molar-refractivity contribution < 1.29 is 9.59 Å². The Morgan fingerprint density at radius 1 is 1.15 bits per heavy atom. The van der Waals surface area contributed by atoms with Crippen molar-refractivity contribution in [2.24, 2.45) is 0 Å². The van der Waals surface area contributed by atoms with Gasteiger partial charge in [0, 0.05) is 30.4 Å². The average molecular weight is 368 g/mol. The van der Waals surface area contributed by atoms with Gasteiger partial charge in [-0.15, -0.1) is 0 Å². The summed E-state index contributed by atoms with van der Waals surface area (Å²) in [6.07, 6.45) is 2.33. The van der Waals surface area contributed by atoms with E-state index in [0.29, 0.717) is 17.7 Å². The molecule has 0 saturated heterocycles. The van der Waals surface area contributed by atoms with Crippen molar-refractivity contribution >= 4 is 17.4 Å². The molecule has 8 heteroatoms. The molecule has 1 amide bonds. The van der Waals surface area contributed by atoms with Gasteiger partial charge in [-0.25, -0.2) is 4.79 Å². The highest BCUT2D eigenvalue weighted by Crippen LogP contribution is 2.11. The largest absolute Gasteiger partial charge is 0.331 e. The molecule has 0 atom stereocenters. The number of aromatic nitrogens is 2. The van der Waals surface area contributed by atoms with Crippen molar-refractivity contribution in [2.45, 2.75) is 39.8 Å². The van der Waals surface area contributed by atoms with Crippen LogP contribution < -0.4 is 16.6 Å². The van der Waals surface area contributed by atoms with Gasteiger partial charge in [0.1, 0.15) is 11.6 Å². The van der Waals surface area contributed by atoms with Crippen molar-refractivity contribution in [3.8, 4) is 6.07 Å². The monoisotopic (exact) mass is 368 g/mol. The standard InChI is InChI=1S/C19H20N4O4/c1-3-5-17(25)21-15-8-6-13(7-9-15)16(24)12-23-18(26)14(10-20)11-22(4-2)19(23)27/h6-9,11H,3-5,12H2,1-2H3,(H,21,25). The number of carbonyl (C=O) groups is 2. The van der Waals surface area contributed by atoms with Gasteiger partial charge in [-0.3, -0.25) is 23.5 Å². The van der Waals surface area contributed by atoms with E-state index in [0.717, 1.165) is 11.0 Å². The number of rotatable bonds is 7. The lowest BCUT2D eigenvalue weighted by atomic mass is 10.1. The number of Topliss-reactive ketones (excluding diaryl/α,β-unsaturated/α-hetero) is 1. The summed E-state index contributed by atoms with van der Waals surface area (Å²) in [5.74, 6) is -0.560. The van der Waals surface area contributed by atoms with E-state index in [-0.39, 0.29) is 18.0 Å². The molecule has 1 aromatic heterocycles. The zero-order chi connectivity index (χ0) is 20.0. The number of nitriles is 1. The Morgan fingerprint density at radius 2 is 1.81 bits per heavy atom. The van der Waals surface area contributed by atoms with Crippen LogP contribution in [0.3, 0.4) is 0 Å². The Morgan fingerprint density at radius 3 is 2.37 bits per heavy atom. The summed E-state index contributed by atoms with van der Waals surface area (Å²) in [7, 11) is 0. The fraction of sp³-hybridized carbons (Fsp3) is 0.316. The molecule has 0 fully saturated rings. The second-order valence-corrected chi connectivity index (χ2v) is 5.91. The molecule has 0 aliphatic carbocycles. The number of hydrogen-bond acceptors (Lipinski definition) is 5. The SMILES string of the molecule is CCCC(=O)Nc1ccc(C(=O)Cn2c(=O)c(C#N)cn(CC)c2=O)cc1. The van der Waals surface area contributed by atoms with E-state index in [1.54, 1.807) is 25.1 Å². The molecular weight excluding hydrogens is 348 g/mol. The molecule has 0 unspecified atom stereocenters. The first-order chi connectivity index (χ1) is 12.9. The number of hydrogen-bond donors (Lipinski definition) is 1. The van der Waals surface area contributed by atoms with E-state index in [4.69, 9.17) is 5.26 Å². The fourth-order valence-electron chi connectivity index (χ4n) is 2.52. The zero-order valence-corrected chi connectivity index (χ0v) is 15.2. The van der Waals surface area contributed by atoms with Crippen LogP contribution in [0.5, 0.6) is 0 Å². The number of benzene rings is 1. The van der Waals surface area contributed by atoms with E-state index < -0.39 is 23.6 Å². The molecule has 0 radical (unpaired) electrons. The maximum atomic E-state index is 12.5. The van der Waals surface area contributed by atoms with E-state index in [1.165, 1.54) is 22.9 Å². The molecule has 27 heavy (non-hydrogen) atoms. The molecule has 140 valence electrons. The molecule has 0 aliphatic heterocycles. The Kier molecular flexibility index (Phi) is 6.44. The molecular formula is C19H20N4O4. The molecule has 1 aromatic carbocycles. The number of aryl methyl sites for hydroxylation is 1. The zero-order valence-electron chi connectivity index (χ0n) is 15.2. The van der Waals surface area contributed by atoms with Crippen LogP contribution in [0.15, 0.2) is 40.1 Å². The van der Waals surface area contributed by atoms with Crippen LogP contribution in [0.25, 0.3) is 0 Å². The first kappa shape index (κ1) is 19.8. The van der Waals surface area contributed by atoms with Crippen molar-refractivity contribution in [1.82, 2.24) is 9.13 Å². The van der Waals surface area contributed by atoms with E-state index in [2.05, 4.69) is 5.32 Å². The van der Waals surface area contributed by atoms with Crippen LogP contribution in [0, 0.1) is 11.3 Å². The minimum atomic E-state index is -0.788. The molecule has 1 N–H and O–H groups in total. The lowest BCUT2D eigenvalue weighted by Gasteiger charge is -2.09. The predicted molar refractivity (Wildman–Crippen MR) is 99.7 cm³/mol. The number of carbonyl (C=O) groups excluding carboxylic acids is 2. The van der Waals surface area contributed by atoms with Crippen molar-refractivity contribution in [1.29, 1.82) is 5.26 Å². The van der Waals surface area contributed by atoms with Crippen LogP contribution >= 0.6 is 0 Å². The summed E-state index contributed by atoms with van der Waals surface area (Å²) in [4.78, 5) is 48.6. The molecule has 0 bridgehead atoms. The highest BCUT2D eigenvalue weighted by atomic mass is 16.2. The summed E-state index contributed by atoms with van der Waals surface area (Å²) in [5.41, 5.74) is -0.775. The molecule has 8 nitrogen and oxygen atoms in total. The predicted octanol–water partition coefficient (Wildman–Crippen LogP) is 1.52. The first-order valence-electron chi connectivity index (χ1n) is 8.58. The maximum Gasteiger partial charge on any atom is 0.331 e. The highest BCUT2D eigenvalue weighted by molar-refractivity contribution is 5.97. The Balaban J connectivity index is 2.26. The lowest BCUT2D eigenvalue weighted by Crippen LogP contribution is -2.42. The van der Waals surface area contributed by atoms with Crippen LogP contribution in [0.1, 0.15) is 42.6 Å². The topological polar surface area (TPSA) is 114 Å².